The van der Waals surface area contributed by atoms with Crippen LogP contribution in [-0.2, 0) is 8.56 Å². The summed E-state index contributed by atoms with van der Waals surface area (Å²) >= 11 is -2.23. The molecule has 3 heteroatoms. The van der Waals surface area contributed by atoms with Gasteiger partial charge in [0.05, 0.1) is 0 Å². The fourth-order valence-corrected chi connectivity index (χ4v) is 6.35. The molecule has 0 aliphatic rings. The van der Waals surface area contributed by atoms with Crippen LogP contribution in [0.2, 0.25) is 15.8 Å². The van der Waals surface area contributed by atoms with Gasteiger partial charge in [-0.05, 0) is 0 Å². The van der Waals surface area contributed by atoms with Crippen molar-refractivity contribution in [1.82, 2.24) is 0 Å². The summed E-state index contributed by atoms with van der Waals surface area (Å²) in [5, 5.41) is 3.14. The van der Waals surface area contributed by atoms with Gasteiger partial charge in [0.2, 0.25) is 0 Å². The number of carbonyl (C=O) groups excluding carboxylic acids is 1. The van der Waals surface area contributed by atoms with Crippen molar-refractivity contribution in [3.63, 3.8) is 0 Å². The Labute approximate surface area is 77.7 Å². The maximum absolute atomic E-state index is 11.0. The van der Waals surface area contributed by atoms with Crippen molar-refractivity contribution >= 4 is 19.6 Å². The van der Waals surface area contributed by atoms with Crippen molar-refractivity contribution in [1.29, 1.82) is 0 Å². The SMILES string of the molecule is C=CC(=O)[O][Ge]([CH2]C)([CH2]C)[CH2]C. The molecule has 0 aliphatic heterocycles. The van der Waals surface area contributed by atoms with Gasteiger partial charge in [-0.15, -0.1) is 0 Å². The Morgan fingerprint density at radius 2 is 1.75 bits per heavy atom. The molecule has 0 amide bonds. The molecule has 0 N–H and O–H groups in total. The monoisotopic (exact) mass is 232 g/mol. The zero-order chi connectivity index (χ0) is 9.61. The van der Waals surface area contributed by atoms with Crippen molar-refractivity contribution in [3.05, 3.63) is 12.7 Å². The van der Waals surface area contributed by atoms with Crippen molar-refractivity contribution in [2.24, 2.45) is 0 Å². The molecule has 0 saturated heterocycles. The van der Waals surface area contributed by atoms with E-state index in [1.54, 1.807) is 0 Å². The summed E-state index contributed by atoms with van der Waals surface area (Å²) in [7, 11) is 0. The molecule has 0 bridgehead atoms. The number of carbonyl (C=O) groups is 1. The fraction of sp³-hybridized carbons (Fsp3) is 0.667. The van der Waals surface area contributed by atoms with Crippen LogP contribution in [0.4, 0.5) is 0 Å². The van der Waals surface area contributed by atoms with Crippen LogP contribution < -0.4 is 0 Å². The van der Waals surface area contributed by atoms with E-state index in [2.05, 4.69) is 27.4 Å². The molecule has 0 atom stereocenters. The first-order valence-corrected chi connectivity index (χ1v) is 9.80. The van der Waals surface area contributed by atoms with Crippen molar-refractivity contribution in [3.8, 4) is 0 Å². The van der Waals surface area contributed by atoms with E-state index in [4.69, 9.17) is 3.76 Å². The van der Waals surface area contributed by atoms with Crippen molar-refractivity contribution in [2.45, 2.75) is 36.5 Å². The summed E-state index contributed by atoms with van der Waals surface area (Å²) in [6.45, 7) is 9.75. The molecule has 0 aromatic heterocycles. The Hall–Kier alpha value is -0.247. The molecule has 0 radical (unpaired) electrons. The van der Waals surface area contributed by atoms with Gasteiger partial charge in [0, 0.05) is 0 Å². The third-order valence-corrected chi connectivity index (χ3v) is 11.9. The molecule has 0 fully saturated rings. The molecule has 0 aliphatic carbocycles. The first kappa shape index (κ1) is 11.8. The molecule has 2 nitrogen and oxygen atoms in total. The van der Waals surface area contributed by atoms with Crippen LogP contribution in [0.25, 0.3) is 0 Å². The van der Waals surface area contributed by atoms with Crippen molar-refractivity contribution in [2.75, 3.05) is 0 Å². The summed E-state index contributed by atoms with van der Waals surface area (Å²) in [5.74, 6) is -0.236. The van der Waals surface area contributed by atoms with Gasteiger partial charge in [-0.25, -0.2) is 0 Å². The van der Waals surface area contributed by atoms with E-state index in [1.165, 1.54) is 6.08 Å². The predicted molar refractivity (Wildman–Crippen MR) is 53.5 cm³/mol. The molecule has 0 spiro atoms. The Morgan fingerprint density at radius 1 is 1.33 bits per heavy atom. The molecule has 0 aromatic rings. The van der Waals surface area contributed by atoms with Crippen LogP contribution in [0.3, 0.4) is 0 Å². The fourth-order valence-electron chi connectivity index (χ4n) is 1.22. The molecule has 0 rings (SSSR count). The van der Waals surface area contributed by atoms with E-state index in [9.17, 15) is 4.79 Å². The minimum atomic E-state index is -2.23. The van der Waals surface area contributed by atoms with E-state index in [0.717, 1.165) is 15.8 Å². The van der Waals surface area contributed by atoms with Gasteiger partial charge in [0.15, 0.2) is 0 Å². The normalized spacial score (nSPS) is 10.9. The van der Waals surface area contributed by atoms with Crippen molar-refractivity contribution < 1.29 is 8.56 Å². The second-order valence-corrected chi connectivity index (χ2v) is 12.7. The van der Waals surface area contributed by atoms with Crippen LogP contribution >= 0.6 is 0 Å². The second kappa shape index (κ2) is 5.41. The second-order valence-electron chi connectivity index (χ2n) is 2.87. The molecule has 70 valence electrons. The predicted octanol–water partition coefficient (Wildman–Crippen LogP) is 2.72. The first-order chi connectivity index (χ1) is 5.64. The first-order valence-electron chi connectivity index (χ1n) is 4.49. The zero-order valence-electron chi connectivity index (χ0n) is 8.22. The van der Waals surface area contributed by atoms with Crippen LogP contribution in [0.5, 0.6) is 0 Å². The summed E-state index contributed by atoms with van der Waals surface area (Å²) < 4.78 is 5.47. The third kappa shape index (κ3) is 3.01. The summed E-state index contributed by atoms with van der Waals surface area (Å²) in [6, 6.07) is 0. The number of hydrogen-bond acceptors (Lipinski definition) is 2. The quantitative estimate of drug-likeness (QED) is 0.536. The Bertz CT molecular complexity index is 154. The van der Waals surface area contributed by atoms with E-state index in [-0.39, 0.29) is 5.97 Å². The molecular formula is C9H18GeO2. The van der Waals surface area contributed by atoms with Gasteiger partial charge < -0.3 is 0 Å². The van der Waals surface area contributed by atoms with E-state index in [1.807, 2.05) is 0 Å². The summed E-state index contributed by atoms with van der Waals surface area (Å²) in [5.41, 5.74) is 0. The molecule has 0 saturated carbocycles. The molecule has 12 heavy (non-hydrogen) atoms. The van der Waals surface area contributed by atoms with Gasteiger partial charge >= 0.3 is 77.3 Å². The number of hydrogen-bond donors (Lipinski definition) is 0. The van der Waals surface area contributed by atoms with Crippen LogP contribution in [-0.4, -0.2) is 19.6 Å². The molecule has 0 aromatic carbocycles. The Kier molecular flexibility index (Phi) is 5.30. The standard InChI is InChI=1S/C9H18GeO2/c1-5-9(11)12-10(6-2,7-3)8-4/h5H,1,6-8H2,2-4H3. The van der Waals surface area contributed by atoms with E-state index < -0.39 is 13.6 Å². The van der Waals surface area contributed by atoms with E-state index in [0.29, 0.717) is 0 Å². The number of rotatable bonds is 5. The van der Waals surface area contributed by atoms with Crippen LogP contribution in [0.15, 0.2) is 12.7 Å². The van der Waals surface area contributed by atoms with Crippen LogP contribution in [0, 0.1) is 0 Å². The Balaban J connectivity index is 4.29. The summed E-state index contributed by atoms with van der Waals surface area (Å²) in [4.78, 5) is 11.0. The molecular weight excluding hydrogens is 213 g/mol. The van der Waals surface area contributed by atoms with Gasteiger partial charge in [0.25, 0.3) is 0 Å². The van der Waals surface area contributed by atoms with Crippen LogP contribution in [0.1, 0.15) is 20.8 Å². The maximum atomic E-state index is 11.0. The van der Waals surface area contributed by atoms with Gasteiger partial charge in [0.1, 0.15) is 0 Å². The zero-order valence-corrected chi connectivity index (χ0v) is 10.3. The topological polar surface area (TPSA) is 26.3 Å². The van der Waals surface area contributed by atoms with Gasteiger partial charge in [-0.1, -0.05) is 0 Å². The van der Waals surface area contributed by atoms with Gasteiger partial charge in [-0.2, -0.15) is 0 Å². The average Bonchev–Trinajstić information content (AvgIpc) is 2.14. The molecule has 0 unspecified atom stereocenters. The average molecular weight is 231 g/mol. The Morgan fingerprint density at radius 3 is 2.00 bits per heavy atom. The van der Waals surface area contributed by atoms with Gasteiger partial charge in [-0.3, -0.25) is 0 Å². The summed E-state index contributed by atoms with van der Waals surface area (Å²) in [6.07, 6.45) is 1.26. The minimum absolute atomic E-state index is 0.236. The van der Waals surface area contributed by atoms with E-state index >= 15 is 0 Å². The third-order valence-electron chi connectivity index (χ3n) is 2.42. The molecule has 0 heterocycles.